The summed E-state index contributed by atoms with van der Waals surface area (Å²) in [4.78, 5) is 15.7. The molecule has 1 aromatic rings. The summed E-state index contributed by atoms with van der Waals surface area (Å²) >= 11 is 0. The Bertz CT molecular complexity index is 421. The van der Waals surface area contributed by atoms with Crippen molar-refractivity contribution in [1.29, 1.82) is 0 Å². The molecule has 18 heavy (non-hydrogen) atoms. The van der Waals surface area contributed by atoms with Crippen LogP contribution in [0.4, 0.5) is 10.2 Å². The van der Waals surface area contributed by atoms with Crippen LogP contribution < -0.4 is 10.6 Å². The molecule has 0 aliphatic carbocycles. The van der Waals surface area contributed by atoms with E-state index in [1.807, 2.05) is 6.92 Å². The Hall–Kier alpha value is -1.65. The maximum atomic E-state index is 13.8. The summed E-state index contributed by atoms with van der Waals surface area (Å²) in [5.74, 6) is -0.115. The lowest BCUT2D eigenvalue weighted by atomic mass is 9.98. The standard InChI is InChI=1S/C13H20FN3O/c1-8(2)9(3)7-17-13(18)10-5-6-16-12(15-4)11(10)14/h5-6,8-9H,7H2,1-4H3,(H,15,16)(H,17,18). The predicted octanol–water partition coefficient (Wildman–Crippen LogP) is 2.28. The fourth-order valence-electron chi connectivity index (χ4n) is 1.38. The van der Waals surface area contributed by atoms with Crippen LogP contribution in [0.15, 0.2) is 12.3 Å². The average molecular weight is 253 g/mol. The topological polar surface area (TPSA) is 54.0 Å². The first-order valence-electron chi connectivity index (χ1n) is 6.07. The van der Waals surface area contributed by atoms with Crippen molar-refractivity contribution in [1.82, 2.24) is 10.3 Å². The molecule has 100 valence electrons. The van der Waals surface area contributed by atoms with Crippen molar-refractivity contribution in [2.24, 2.45) is 11.8 Å². The second-order valence-corrected chi connectivity index (χ2v) is 4.70. The SMILES string of the molecule is CNc1nccc(C(=O)NCC(C)C(C)C)c1F. The molecule has 1 unspecified atom stereocenters. The van der Waals surface area contributed by atoms with E-state index in [-0.39, 0.29) is 11.4 Å². The fourth-order valence-corrected chi connectivity index (χ4v) is 1.38. The maximum absolute atomic E-state index is 13.8. The highest BCUT2D eigenvalue weighted by Gasteiger charge is 2.16. The number of rotatable bonds is 5. The van der Waals surface area contributed by atoms with E-state index in [1.165, 1.54) is 12.3 Å². The van der Waals surface area contributed by atoms with Gasteiger partial charge in [-0.2, -0.15) is 0 Å². The third-order valence-electron chi connectivity index (χ3n) is 3.09. The Kier molecular flexibility index (Phi) is 5.07. The highest BCUT2D eigenvalue weighted by molar-refractivity contribution is 5.95. The van der Waals surface area contributed by atoms with Gasteiger partial charge in [0.25, 0.3) is 5.91 Å². The third-order valence-corrected chi connectivity index (χ3v) is 3.09. The molecule has 0 aliphatic heterocycles. The van der Waals surface area contributed by atoms with Gasteiger partial charge in [-0.25, -0.2) is 9.37 Å². The molecule has 5 heteroatoms. The van der Waals surface area contributed by atoms with E-state index in [2.05, 4.69) is 29.5 Å². The molecule has 0 aromatic carbocycles. The summed E-state index contributed by atoms with van der Waals surface area (Å²) in [5.41, 5.74) is 0.0188. The Balaban J connectivity index is 2.73. The first-order valence-corrected chi connectivity index (χ1v) is 6.07. The minimum atomic E-state index is -0.616. The van der Waals surface area contributed by atoms with Gasteiger partial charge >= 0.3 is 0 Å². The highest BCUT2D eigenvalue weighted by atomic mass is 19.1. The van der Waals surface area contributed by atoms with Gasteiger partial charge in [0.2, 0.25) is 0 Å². The second kappa shape index (κ2) is 6.33. The molecule has 0 fully saturated rings. The number of nitrogens with zero attached hydrogens (tertiary/aromatic N) is 1. The van der Waals surface area contributed by atoms with E-state index in [4.69, 9.17) is 0 Å². The summed E-state index contributed by atoms with van der Waals surface area (Å²) in [7, 11) is 1.56. The van der Waals surface area contributed by atoms with Crippen molar-refractivity contribution >= 4 is 11.7 Å². The number of amides is 1. The molecule has 0 bridgehead atoms. The number of anilines is 1. The van der Waals surface area contributed by atoms with Gasteiger partial charge in [-0.1, -0.05) is 20.8 Å². The molecule has 1 atom stereocenters. The quantitative estimate of drug-likeness (QED) is 0.846. The molecule has 0 aliphatic rings. The van der Waals surface area contributed by atoms with E-state index in [0.717, 1.165) is 0 Å². The zero-order chi connectivity index (χ0) is 13.7. The van der Waals surface area contributed by atoms with Crippen molar-refractivity contribution in [3.05, 3.63) is 23.6 Å². The summed E-state index contributed by atoms with van der Waals surface area (Å²) < 4.78 is 13.8. The lowest BCUT2D eigenvalue weighted by Crippen LogP contribution is -2.30. The molecule has 0 saturated heterocycles. The van der Waals surface area contributed by atoms with Gasteiger partial charge in [0.05, 0.1) is 5.56 Å². The minimum Gasteiger partial charge on any atom is -0.371 e. The Morgan fingerprint density at radius 2 is 2.11 bits per heavy atom. The Morgan fingerprint density at radius 3 is 2.67 bits per heavy atom. The van der Waals surface area contributed by atoms with Crippen molar-refractivity contribution in [2.45, 2.75) is 20.8 Å². The third kappa shape index (κ3) is 3.42. The molecule has 0 radical (unpaired) electrons. The molecule has 4 nitrogen and oxygen atoms in total. The summed E-state index contributed by atoms with van der Waals surface area (Å²) in [5, 5.41) is 5.35. The number of carbonyl (C=O) groups is 1. The van der Waals surface area contributed by atoms with Crippen molar-refractivity contribution in [3.8, 4) is 0 Å². The van der Waals surface area contributed by atoms with Crippen molar-refractivity contribution < 1.29 is 9.18 Å². The number of carbonyl (C=O) groups excluding carboxylic acids is 1. The molecular formula is C13H20FN3O. The van der Waals surface area contributed by atoms with E-state index in [1.54, 1.807) is 7.05 Å². The number of nitrogens with one attached hydrogen (secondary N) is 2. The Labute approximate surface area is 107 Å². The monoisotopic (exact) mass is 253 g/mol. The molecule has 0 spiro atoms. The number of hydrogen-bond donors (Lipinski definition) is 2. The van der Waals surface area contributed by atoms with Crippen LogP contribution in [0.3, 0.4) is 0 Å². The smallest absolute Gasteiger partial charge is 0.254 e. The largest absolute Gasteiger partial charge is 0.371 e. The van der Waals surface area contributed by atoms with Gasteiger partial charge in [0.1, 0.15) is 0 Å². The second-order valence-electron chi connectivity index (χ2n) is 4.70. The van der Waals surface area contributed by atoms with Gasteiger partial charge in [-0.05, 0) is 17.9 Å². The van der Waals surface area contributed by atoms with Gasteiger partial charge in [0, 0.05) is 19.8 Å². The van der Waals surface area contributed by atoms with Gasteiger partial charge in [0.15, 0.2) is 11.6 Å². The van der Waals surface area contributed by atoms with Crippen molar-refractivity contribution in [3.63, 3.8) is 0 Å². The number of aromatic nitrogens is 1. The van der Waals surface area contributed by atoms with E-state index < -0.39 is 11.7 Å². The maximum Gasteiger partial charge on any atom is 0.254 e. The molecule has 1 aromatic heterocycles. The zero-order valence-electron chi connectivity index (χ0n) is 11.2. The highest BCUT2D eigenvalue weighted by Crippen LogP contribution is 2.14. The predicted molar refractivity (Wildman–Crippen MR) is 70.1 cm³/mol. The number of pyridine rings is 1. The first-order chi connectivity index (χ1) is 8.47. The van der Waals surface area contributed by atoms with Crippen LogP contribution in [0.2, 0.25) is 0 Å². The lowest BCUT2D eigenvalue weighted by molar-refractivity contribution is 0.0941. The molecule has 1 rings (SSSR count). The Morgan fingerprint density at radius 1 is 1.44 bits per heavy atom. The van der Waals surface area contributed by atoms with E-state index in [0.29, 0.717) is 18.4 Å². The van der Waals surface area contributed by atoms with E-state index in [9.17, 15) is 9.18 Å². The molecule has 1 heterocycles. The van der Waals surface area contributed by atoms with Crippen LogP contribution >= 0.6 is 0 Å². The van der Waals surface area contributed by atoms with Gasteiger partial charge < -0.3 is 10.6 Å². The van der Waals surface area contributed by atoms with Gasteiger partial charge in [-0.15, -0.1) is 0 Å². The normalized spacial score (nSPS) is 12.3. The van der Waals surface area contributed by atoms with Crippen LogP contribution in [-0.4, -0.2) is 24.5 Å². The van der Waals surface area contributed by atoms with Crippen LogP contribution in [0.5, 0.6) is 0 Å². The molecular weight excluding hydrogens is 233 g/mol. The van der Waals surface area contributed by atoms with Crippen LogP contribution in [-0.2, 0) is 0 Å². The minimum absolute atomic E-state index is 0.0188. The average Bonchev–Trinajstić information content (AvgIpc) is 2.35. The first kappa shape index (κ1) is 14.4. The molecule has 0 saturated carbocycles. The van der Waals surface area contributed by atoms with Crippen LogP contribution in [0.1, 0.15) is 31.1 Å². The fraction of sp³-hybridized carbons (Fsp3) is 0.538. The van der Waals surface area contributed by atoms with E-state index >= 15 is 0 Å². The summed E-state index contributed by atoms with van der Waals surface area (Å²) in [6, 6.07) is 1.38. The molecule has 2 N–H and O–H groups in total. The number of halogens is 1. The lowest BCUT2D eigenvalue weighted by Gasteiger charge is -2.16. The summed E-state index contributed by atoms with van der Waals surface area (Å²) in [6.07, 6.45) is 1.41. The van der Waals surface area contributed by atoms with Gasteiger partial charge in [-0.3, -0.25) is 4.79 Å². The van der Waals surface area contributed by atoms with Crippen LogP contribution in [0, 0.1) is 17.7 Å². The summed E-state index contributed by atoms with van der Waals surface area (Å²) in [6.45, 7) is 6.76. The molecule has 1 amide bonds. The zero-order valence-corrected chi connectivity index (χ0v) is 11.2. The van der Waals surface area contributed by atoms with Crippen molar-refractivity contribution in [2.75, 3.05) is 18.9 Å². The van der Waals surface area contributed by atoms with Crippen LogP contribution in [0.25, 0.3) is 0 Å². The number of hydrogen-bond acceptors (Lipinski definition) is 3.